The molecule has 35 heavy (non-hydrogen) atoms. The average molecular weight is 468 g/mol. The van der Waals surface area contributed by atoms with E-state index in [4.69, 9.17) is 4.74 Å². The van der Waals surface area contributed by atoms with Crippen LogP contribution in [0.2, 0.25) is 0 Å². The molecule has 6 nitrogen and oxygen atoms in total. The highest BCUT2D eigenvalue weighted by molar-refractivity contribution is 5.81. The number of aromatic nitrogens is 1. The van der Waals surface area contributed by atoms with Gasteiger partial charge >= 0.3 is 6.09 Å². The van der Waals surface area contributed by atoms with Gasteiger partial charge in [0.05, 0.1) is 6.54 Å². The van der Waals surface area contributed by atoms with Crippen LogP contribution in [0.25, 0.3) is 22.0 Å². The van der Waals surface area contributed by atoms with Crippen LogP contribution in [0, 0.1) is 0 Å². The minimum Gasteiger partial charge on any atom is -0.447 e. The zero-order valence-corrected chi connectivity index (χ0v) is 20.1. The summed E-state index contributed by atoms with van der Waals surface area (Å²) in [6.45, 7) is 1.40. The van der Waals surface area contributed by atoms with Gasteiger partial charge in [0.2, 0.25) is 0 Å². The number of hydrazine groups is 1. The molecule has 0 atom stereocenters. The lowest BCUT2D eigenvalue weighted by Crippen LogP contribution is -2.41. The molecule has 0 fully saturated rings. The van der Waals surface area contributed by atoms with Crippen LogP contribution in [0.15, 0.2) is 78.9 Å². The molecule has 178 valence electrons. The lowest BCUT2D eigenvalue weighted by molar-refractivity contribution is -0.108. The highest BCUT2D eigenvalue weighted by atomic mass is 16.6. The fraction of sp³-hybridized carbons (Fsp3) is 0.241. The minimum absolute atomic E-state index is 0.0240. The molecule has 1 amide bonds. The molecule has 0 saturated heterocycles. The van der Waals surface area contributed by atoms with Crippen molar-refractivity contribution in [2.75, 3.05) is 20.7 Å². The van der Waals surface area contributed by atoms with Crippen molar-refractivity contribution in [1.29, 1.82) is 0 Å². The summed E-state index contributed by atoms with van der Waals surface area (Å²) in [7, 11) is 3.58. The van der Waals surface area contributed by atoms with Crippen LogP contribution in [0.5, 0.6) is 0 Å². The maximum atomic E-state index is 13.0. The lowest BCUT2D eigenvalue weighted by Gasteiger charge is -2.28. The molecule has 6 heteroatoms. The summed E-state index contributed by atoms with van der Waals surface area (Å²) in [4.78, 5) is 24.0. The Kier molecular flexibility index (Phi) is 6.38. The van der Waals surface area contributed by atoms with E-state index in [0.29, 0.717) is 19.5 Å². The minimum atomic E-state index is -0.398. The summed E-state index contributed by atoms with van der Waals surface area (Å²) in [5, 5.41) is 4.46. The van der Waals surface area contributed by atoms with Crippen molar-refractivity contribution in [3.05, 3.63) is 95.7 Å². The van der Waals surface area contributed by atoms with Gasteiger partial charge in [-0.25, -0.2) is 14.8 Å². The second-order valence-corrected chi connectivity index (χ2v) is 8.94. The Morgan fingerprint density at radius 3 is 2.26 bits per heavy atom. The number of para-hydroxylation sites is 1. The molecule has 0 aliphatic heterocycles. The topological polar surface area (TPSA) is 54.8 Å². The number of aldehydes is 1. The molecule has 1 heterocycles. The number of carbonyl (C=O) groups is 2. The van der Waals surface area contributed by atoms with E-state index in [9.17, 15) is 9.59 Å². The Balaban J connectivity index is 1.28. The summed E-state index contributed by atoms with van der Waals surface area (Å²) in [6.07, 6.45) is 0.979. The van der Waals surface area contributed by atoms with E-state index in [1.807, 2.05) is 48.5 Å². The Labute approximate surface area is 205 Å². The van der Waals surface area contributed by atoms with Crippen molar-refractivity contribution in [3.63, 3.8) is 0 Å². The normalized spacial score (nSPS) is 12.5. The molecule has 0 bridgehead atoms. The van der Waals surface area contributed by atoms with Crippen LogP contribution in [0.1, 0.15) is 29.2 Å². The fourth-order valence-corrected chi connectivity index (χ4v) is 5.01. The molecule has 1 aliphatic rings. The Hall–Kier alpha value is -3.90. The number of fused-ring (bicyclic) bond motifs is 4. The third kappa shape index (κ3) is 4.33. The average Bonchev–Trinajstić information content (AvgIpc) is 3.40. The molecule has 1 aliphatic carbocycles. The maximum Gasteiger partial charge on any atom is 0.424 e. The summed E-state index contributed by atoms with van der Waals surface area (Å²) in [5.74, 6) is 0.0240. The number of benzene rings is 3. The van der Waals surface area contributed by atoms with E-state index >= 15 is 0 Å². The SMILES string of the molecule is CN(Cc1cc2ccccc2n1CCC=O)N(C)C(=O)OCC1c2ccccc2-c2ccccc21. The van der Waals surface area contributed by atoms with Gasteiger partial charge in [-0.15, -0.1) is 0 Å². The van der Waals surface area contributed by atoms with Crippen molar-refractivity contribution in [3.8, 4) is 11.1 Å². The molecule has 0 saturated carbocycles. The number of hydrogen-bond acceptors (Lipinski definition) is 4. The van der Waals surface area contributed by atoms with Gasteiger partial charge in [-0.3, -0.25) is 0 Å². The van der Waals surface area contributed by atoms with Crippen molar-refractivity contribution in [2.24, 2.45) is 0 Å². The summed E-state index contributed by atoms with van der Waals surface area (Å²) >= 11 is 0. The molecule has 0 unspecified atom stereocenters. The number of nitrogens with zero attached hydrogens (tertiary/aromatic N) is 3. The molecule has 0 radical (unpaired) electrons. The summed E-state index contributed by atoms with van der Waals surface area (Å²) in [6, 6.07) is 26.8. The molecule has 0 spiro atoms. The molecule has 0 N–H and O–H groups in total. The van der Waals surface area contributed by atoms with Crippen LogP contribution in [0.3, 0.4) is 0 Å². The van der Waals surface area contributed by atoms with Crippen LogP contribution >= 0.6 is 0 Å². The van der Waals surface area contributed by atoms with Gasteiger partial charge in [0.25, 0.3) is 0 Å². The summed E-state index contributed by atoms with van der Waals surface area (Å²) in [5.41, 5.74) is 6.92. The third-order valence-corrected chi connectivity index (χ3v) is 6.87. The van der Waals surface area contributed by atoms with Crippen molar-refractivity contribution in [1.82, 2.24) is 14.6 Å². The molecule has 5 rings (SSSR count). The molecule has 1 aromatic heterocycles. The van der Waals surface area contributed by atoms with Crippen LogP contribution in [-0.2, 0) is 22.6 Å². The van der Waals surface area contributed by atoms with Crippen LogP contribution in [0.4, 0.5) is 4.79 Å². The van der Waals surface area contributed by atoms with Gasteiger partial charge in [-0.1, -0.05) is 66.7 Å². The summed E-state index contributed by atoms with van der Waals surface area (Å²) < 4.78 is 7.95. The zero-order valence-electron chi connectivity index (χ0n) is 20.1. The van der Waals surface area contributed by atoms with Crippen LogP contribution in [-0.4, -0.2) is 47.7 Å². The Morgan fingerprint density at radius 1 is 0.943 bits per heavy atom. The predicted octanol–water partition coefficient (Wildman–Crippen LogP) is 5.46. The molecule has 3 aromatic carbocycles. The Morgan fingerprint density at radius 2 is 1.57 bits per heavy atom. The van der Waals surface area contributed by atoms with E-state index in [2.05, 4.69) is 47.0 Å². The Bertz CT molecular complexity index is 1330. The van der Waals surface area contributed by atoms with Crippen LogP contribution < -0.4 is 0 Å². The monoisotopic (exact) mass is 467 g/mol. The van der Waals surface area contributed by atoms with E-state index in [1.165, 1.54) is 27.3 Å². The van der Waals surface area contributed by atoms with Gasteiger partial charge in [0.1, 0.15) is 12.9 Å². The number of amides is 1. The smallest absolute Gasteiger partial charge is 0.424 e. The number of ether oxygens (including phenoxy) is 1. The second-order valence-electron chi connectivity index (χ2n) is 8.94. The first kappa shape index (κ1) is 22.9. The lowest BCUT2D eigenvalue weighted by atomic mass is 9.98. The van der Waals surface area contributed by atoms with Crippen molar-refractivity contribution in [2.45, 2.75) is 25.4 Å². The van der Waals surface area contributed by atoms with Crippen molar-refractivity contribution >= 4 is 23.3 Å². The number of hydrogen-bond donors (Lipinski definition) is 0. The van der Waals surface area contributed by atoms with Crippen molar-refractivity contribution < 1.29 is 14.3 Å². The van der Waals surface area contributed by atoms with E-state index in [1.54, 1.807) is 7.05 Å². The van der Waals surface area contributed by atoms with Gasteiger partial charge in [0.15, 0.2) is 0 Å². The predicted molar refractivity (Wildman–Crippen MR) is 137 cm³/mol. The standard InChI is InChI=1S/C29H29N3O3/c1-30(19-22-18-21-10-3-8-15-28(21)32(22)16-9-17-33)31(2)29(34)35-20-27-25-13-6-4-11-23(25)24-12-5-7-14-26(24)27/h3-8,10-15,17-18,27H,9,16,19-20H2,1-2H3. The highest BCUT2D eigenvalue weighted by Crippen LogP contribution is 2.44. The van der Waals surface area contributed by atoms with E-state index in [0.717, 1.165) is 22.9 Å². The van der Waals surface area contributed by atoms with Gasteiger partial charge in [0, 0.05) is 44.2 Å². The number of rotatable bonds is 8. The molecular formula is C29H29N3O3. The quantitative estimate of drug-likeness (QED) is 0.255. The zero-order chi connectivity index (χ0) is 24.4. The first-order valence-electron chi connectivity index (χ1n) is 11.9. The third-order valence-electron chi connectivity index (χ3n) is 6.87. The van der Waals surface area contributed by atoms with Gasteiger partial charge in [-0.05, 0) is 39.8 Å². The first-order valence-corrected chi connectivity index (χ1v) is 11.9. The second kappa shape index (κ2) is 9.76. The fourth-order valence-electron chi connectivity index (χ4n) is 5.01. The van der Waals surface area contributed by atoms with Gasteiger partial charge < -0.3 is 14.1 Å². The molecular weight excluding hydrogens is 438 g/mol. The first-order chi connectivity index (χ1) is 17.1. The molecule has 4 aromatic rings. The largest absolute Gasteiger partial charge is 0.447 e. The van der Waals surface area contributed by atoms with E-state index < -0.39 is 6.09 Å². The number of aryl methyl sites for hydroxylation is 1. The maximum absolute atomic E-state index is 13.0. The van der Waals surface area contributed by atoms with Gasteiger partial charge in [-0.2, -0.15) is 0 Å². The van der Waals surface area contributed by atoms with E-state index in [-0.39, 0.29) is 12.5 Å². The highest BCUT2D eigenvalue weighted by Gasteiger charge is 2.29. The number of carbonyl (C=O) groups excluding carboxylic acids is 2.